The highest BCUT2D eigenvalue weighted by molar-refractivity contribution is 5.99. The molecular formula is C28H40N2O3. The van der Waals surface area contributed by atoms with Crippen molar-refractivity contribution in [1.82, 2.24) is 9.80 Å². The van der Waals surface area contributed by atoms with Crippen molar-refractivity contribution in [1.29, 1.82) is 0 Å². The molecule has 0 radical (unpaired) electrons. The fraction of sp³-hybridized carbons (Fsp3) is 0.536. The number of rotatable bonds is 9. The fourth-order valence-corrected chi connectivity index (χ4v) is 4.53. The van der Waals surface area contributed by atoms with E-state index in [-0.39, 0.29) is 5.78 Å². The minimum Gasteiger partial charge on any atom is -0.380 e. The summed E-state index contributed by atoms with van der Waals surface area (Å²) < 4.78 is 5.90. The first-order valence-electron chi connectivity index (χ1n) is 12.4. The molecule has 5 nitrogen and oxygen atoms in total. The maximum atomic E-state index is 11.9. The topological polar surface area (TPSA) is 53.0 Å². The van der Waals surface area contributed by atoms with Crippen LogP contribution in [-0.4, -0.2) is 72.2 Å². The second kappa shape index (κ2) is 13.6. The highest BCUT2D eigenvalue weighted by atomic mass is 16.5. The Morgan fingerprint density at radius 1 is 0.788 bits per heavy atom. The van der Waals surface area contributed by atoms with E-state index in [9.17, 15) is 9.90 Å². The van der Waals surface area contributed by atoms with Gasteiger partial charge in [-0.3, -0.25) is 14.6 Å². The van der Waals surface area contributed by atoms with E-state index in [0.717, 1.165) is 13.2 Å². The maximum absolute atomic E-state index is 11.9. The van der Waals surface area contributed by atoms with Gasteiger partial charge in [-0.15, -0.1) is 0 Å². The van der Waals surface area contributed by atoms with E-state index in [1.807, 2.05) is 12.1 Å². The summed E-state index contributed by atoms with van der Waals surface area (Å²) in [6.45, 7) is 11.5. The third-order valence-corrected chi connectivity index (χ3v) is 6.67. The quantitative estimate of drug-likeness (QED) is 0.565. The number of ether oxygens (including phenoxy) is 1. The highest BCUT2D eigenvalue weighted by Gasteiger charge is 2.21. The van der Waals surface area contributed by atoms with Crippen LogP contribution in [0.4, 0.5) is 0 Å². The number of aliphatic hydroxyl groups excluding tert-OH is 1. The summed E-state index contributed by atoms with van der Waals surface area (Å²) in [6.07, 6.45) is 4.40. The third kappa shape index (κ3) is 8.04. The molecule has 2 aromatic carbocycles. The van der Waals surface area contributed by atoms with Gasteiger partial charge >= 0.3 is 0 Å². The first-order chi connectivity index (χ1) is 16.1. The monoisotopic (exact) mass is 452 g/mol. The molecule has 33 heavy (non-hydrogen) atoms. The van der Waals surface area contributed by atoms with Gasteiger partial charge in [-0.05, 0) is 71.3 Å². The zero-order valence-corrected chi connectivity index (χ0v) is 20.2. The number of ketones is 1. The lowest BCUT2D eigenvalue weighted by Gasteiger charge is -2.27. The van der Waals surface area contributed by atoms with Crippen LogP contribution < -0.4 is 0 Å². The Kier molecular flexibility index (Phi) is 10.5. The standard InChI is InChI=1S/C14H28N2O.C14H12O2/c1-13(15-7-3-4-8-15)11-17-12-14(2)16-9-5-6-10-16;15-13(11-7-3-1-4-8-11)14(16)12-9-5-2-6-10-12/h13-14H,3-12H2,1-2H3;1-10,13,15H. The molecule has 3 unspecified atom stereocenters. The van der Waals surface area contributed by atoms with Crippen LogP contribution >= 0.6 is 0 Å². The first kappa shape index (κ1) is 25.6. The van der Waals surface area contributed by atoms with Crippen molar-refractivity contribution in [2.75, 3.05) is 39.4 Å². The summed E-state index contributed by atoms with van der Waals surface area (Å²) in [6, 6.07) is 18.9. The highest BCUT2D eigenvalue weighted by Crippen LogP contribution is 2.18. The third-order valence-electron chi connectivity index (χ3n) is 6.67. The van der Waals surface area contributed by atoms with Crippen molar-refractivity contribution in [3.8, 4) is 0 Å². The SMILES string of the molecule is CC(COCC(C)N1CCCC1)N1CCCC1.O=C(c1ccccc1)C(O)c1ccccc1. The number of Topliss-reactive ketones (excluding diaryl/α,β-unsaturated/α-hetero) is 1. The molecule has 2 aromatic rings. The predicted molar refractivity (Wildman–Crippen MR) is 134 cm³/mol. The van der Waals surface area contributed by atoms with Gasteiger partial charge in [0.05, 0.1) is 13.2 Å². The van der Waals surface area contributed by atoms with Crippen molar-refractivity contribution in [2.24, 2.45) is 0 Å². The molecule has 2 saturated heterocycles. The molecule has 0 saturated carbocycles. The molecule has 5 heteroatoms. The van der Waals surface area contributed by atoms with Crippen LogP contribution in [0.25, 0.3) is 0 Å². The summed E-state index contributed by atoms with van der Waals surface area (Å²) in [4.78, 5) is 17.0. The Morgan fingerprint density at radius 3 is 1.67 bits per heavy atom. The van der Waals surface area contributed by atoms with Crippen molar-refractivity contribution in [3.63, 3.8) is 0 Å². The number of hydrogen-bond acceptors (Lipinski definition) is 5. The average molecular weight is 453 g/mol. The van der Waals surface area contributed by atoms with Crippen LogP contribution in [-0.2, 0) is 4.74 Å². The second-order valence-electron chi connectivity index (χ2n) is 9.27. The van der Waals surface area contributed by atoms with Crippen LogP contribution in [0.3, 0.4) is 0 Å². The van der Waals surface area contributed by atoms with Gasteiger partial charge in [-0.2, -0.15) is 0 Å². The van der Waals surface area contributed by atoms with Gasteiger partial charge in [-0.1, -0.05) is 60.7 Å². The Hall–Kier alpha value is -2.05. The van der Waals surface area contributed by atoms with Crippen molar-refractivity contribution in [2.45, 2.75) is 57.7 Å². The number of nitrogens with zero attached hydrogens (tertiary/aromatic N) is 2. The van der Waals surface area contributed by atoms with E-state index < -0.39 is 6.10 Å². The number of carbonyl (C=O) groups excluding carboxylic acids is 1. The fourth-order valence-electron chi connectivity index (χ4n) is 4.53. The minimum absolute atomic E-state index is 0.271. The molecule has 0 aliphatic carbocycles. The van der Waals surface area contributed by atoms with Crippen LogP contribution in [0, 0.1) is 0 Å². The van der Waals surface area contributed by atoms with Crippen LogP contribution in [0.15, 0.2) is 60.7 Å². The molecule has 2 fully saturated rings. The number of aliphatic hydroxyl groups is 1. The van der Waals surface area contributed by atoms with Crippen molar-refractivity contribution < 1.29 is 14.6 Å². The molecule has 0 amide bonds. The summed E-state index contributed by atoms with van der Waals surface area (Å²) >= 11 is 0. The normalized spacial score (nSPS) is 19.5. The van der Waals surface area contributed by atoms with E-state index >= 15 is 0 Å². The van der Waals surface area contributed by atoms with Crippen LogP contribution in [0.5, 0.6) is 0 Å². The smallest absolute Gasteiger partial charge is 0.195 e. The second-order valence-corrected chi connectivity index (χ2v) is 9.27. The Bertz CT molecular complexity index is 780. The van der Waals surface area contributed by atoms with Gasteiger partial charge < -0.3 is 9.84 Å². The molecule has 0 aromatic heterocycles. The predicted octanol–water partition coefficient (Wildman–Crippen LogP) is 4.57. The molecule has 4 rings (SSSR count). The molecule has 1 N–H and O–H groups in total. The Labute approximate surface area is 199 Å². The lowest BCUT2D eigenvalue weighted by Crippen LogP contribution is -2.37. The zero-order chi connectivity index (χ0) is 23.5. The van der Waals surface area contributed by atoms with Gasteiger partial charge in [0, 0.05) is 17.6 Å². The maximum Gasteiger partial charge on any atom is 0.195 e. The van der Waals surface area contributed by atoms with Crippen molar-refractivity contribution in [3.05, 3.63) is 71.8 Å². The largest absolute Gasteiger partial charge is 0.380 e. The molecule has 0 spiro atoms. The van der Waals surface area contributed by atoms with Gasteiger partial charge in [0.1, 0.15) is 6.10 Å². The molecule has 0 bridgehead atoms. The zero-order valence-electron chi connectivity index (χ0n) is 20.2. The Balaban J connectivity index is 0.000000186. The van der Waals surface area contributed by atoms with Gasteiger partial charge in [0.15, 0.2) is 5.78 Å². The van der Waals surface area contributed by atoms with E-state index in [4.69, 9.17) is 4.74 Å². The lowest BCUT2D eigenvalue weighted by molar-refractivity contribution is 0.0419. The van der Waals surface area contributed by atoms with Gasteiger partial charge in [0.25, 0.3) is 0 Å². The van der Waals surface area contributed by atoms with E-state index in [0.29, 0.717) is 23.2 Å². The molecule has 2 heterocycles. The number of hydrogen-bond donors (Lipinski definition) is 1. The van der Waals surface area contributed by atoms with Crippen LogP contribution in [0.2, 0.25) is 0 Å². The first-order valence-corrected chi connectivity index (χ1v) is 12.4. The van der Waals surface area contributed by atoms with Gasteiger partial charge in [-0.25, -0.2) is 0 Å². The van der Waals surface area contributed by atoms with Crippen LogP contribution in [0.1, 0.15) is 61.6 Å². The minimum atomic E-state index is -1.08. The number of likely N-dealkylation sites (tertiary alicyclic amines) is 2. The molecular weight excluding hydrogens is 412 g/mol. The lowest BCUT2D eigenvalue weighted by atomic mass is 10.0. The Morgan fingerprint density at radius 2 is 1.21 bits per heavy atom. The summed E-state index contributed by atoms with van der Waals surface area (Å²) in [7, 11) is 0. The molecule has 180 valence electrons. The number of benzene rings is 2. The van der Waals surface area contributed by atoms with E-state index in [1.54, 1.807) is 48.5 Å². The number of carbonyl (C=O) groups is 1. The molecule has 2 aliphatic rings. The van der Waals surface area contributed by atoms with Gasteiger partial charge in [0.2, 0.25) is 0 Å². The summed E-state index contributed by atoms with van der Waals surface area (Å²) in [5.41, 5.74) is 1.15. The molecule has 3 atom stereocenters. The summed E-state index contributed by atoms with van der Waals surface area (Å²) in [5, 5.41) is 9.89. The molecule has 2 aliphatic heterocycles. The van der Waals surface area contributed by atoms with Crippen molar-refractivity contribution >= 4 is 5.78 Å². The van der Waals surface area contributed by atoms with E-state index in [1.165, 1.54) is 51.9 Å². The van der Waals surface area contributed by atoms with E-state index in [2.05, 4.69) is 23.6 Å². The summed E-state index contributed by atoms with van der Waals surface area (Å²) in [5.74, 6) is -0.271. The average Bonchev–Trinajstić information content (AvgIpc) is 3.59.